The highest BCUT2D eigenvalue weighted by molar-refractivity contribution is 6.33. The van der Waals surface area contributed by atoms with Crippen molar-refractivity contribution in [1.29, 1.82) is 0 Å². The lowest BCUT2D eigenvalue weighted by Gasteiger charge is -2.27. The Morgan fingerprint density at radius 1 is 1.27 bits per heavy atom. The molecule has 6 heteroatoms. The van der Waals surface area contributed by atoms with E-state index in [1.165, 1.54) is 18.6 Å². The number of carbonyl (C=O) groups excluding carboxylic acids is 2. The fourth-order valence-corrected chi connectivity index (χ4v) is 3.37. The van der Waals surface area contributed by atoms with Gasteiger partial charge >= 0.3 is 5.97 Å². The molecule has 2 unspecified atom stereocenters. The van der Waals surface area contributed by atoms with Crippen molar-refractivity contribution in [1.82, 2.24) is 5.32 Å². The molecule has 0 fully saturated rings. The molecule has 0 spiro atoms. The van der Waals surface area contributed by atoms with E-state index in [0.29, 0.717) is 0 Å². The van der Waals surface area contributed by atoms with Crippen LogP contribution < -0.4 is 5.32 Å². The zero-order valence-corrected chi connectivity index (χ0v) is 15.1. The highest BCUT2D eigenvalue weighted by Crippen LogP contribution is 2.29. The van der Waals surface area contributed by atoms with Gasteiger partial charge in [0.25, 0.3) is 5.91 Å². The molecule has 0 saturated heterocycles. The first-order valence-corrected chi connectivity index (χ1v) is 8.87. The Morgan fingerprint density at radius 2 is 2.04 bits per heavy atom. The van der Waals surface area contributed by atoms with Crippen molar-refractivity contribution in [2.45, 2.75) is 38.3 Å². The number of hydrogen-bond donors (Lipinski definition) is 1. The molecule has 26 heavy (non-hydrogen) atoms. The van der Waals surface area contributed by atoms with Gasteiger partial charge in [-0.25, -0.2) is 9.18 Å². The summed E-state index contributed by atoms with van der Waals surface area (Å²) in [4.78, 5) is 24.6. The van der Waals surface area contributed by atoms with Crippen LogP contribution in [0.5, 0.6) is 0 Å². The molecule has 4 nitrogen and oxygen atoms in total. The molecule has 0 bridgehead atoms. The van der Waals surface area contributed by atoms with Crippen LogP contribution in [0.3, 0.4) is 0 Å². The molecular formula is C20H19ClFNO3. The van der Waals surface area contributed by atoms with Crippen LogP contribution in [-0.2, 0) is 16.0 Å². The number of hydrogen-bond acceptors (Lipinski definition) is 3. The fourth-order valence-electron chi connectivity index (χ4n) is 3.13. The minimum atomic E-state index is -0.988. The van der Waals surface area contributed by atoms with E-state index in [4.69, 9.17) is 16.3 Å². The van der Waals surface area contributed by atoms with Crippen molar-refractivity contribution in [3.05, 3.63) is 70.0 Å². The van der Waals surface area contributed by atoms with Crippen molar-refractivity contribution in [3.63, 3.8) is 0 Å². The molecule has 1 N–H and O–H groups in total. The van der Waals surface area contributed by atoms with Crippen LogP contribution in [0.2, 0.25) is 5.02 Å². The molecule has 0 aromatic heterocycles. The highest BCUT2D eigenvalue weighted by Gasteiger charge is 2.26. The van der Waals surface area contributed by atoms with Gasteiger partial charge in [-0.2, -0.15) is 0 Å². The summed E-state index contributed by atoms with van der Waals surface area (Å²) in [6.45, 7) is 1.50. The Bertz CT molecular complexity index is 840. The number of halogens is 2. The van der Waals surface area contributed by atoms with Gasteiger partial charge in [0, 0.05) is 0 Å². The van der Waals surface area contributed by atoms with Crippen LogP contribution in [0.25, 0.3) is 0 Å². The van der Waals surface area contributed by atoms with E-state index in [9.17, 15) is 14.0 Å². The third-order valence-electron chi connectivity index (χ3n) is 4.49. The molecule has 0 aliphatic heterocycles. The molecule has 0 radical (unpaired) electrons. The van der Waals surface area contributed by atoms with Crippen LogP contribution in [0.4, 0.5) is 4.39 Å². The van der Waals surface area contributed by atoms with Crippen LogP contribution >= 0.6 is 11.6 Å². The quantitative estimate of drug-likeness (QED) is 0.814. The summed E-state index contributed by atoms with van der Waals surface area (Å²) in [5, 5.41) is 2.89. The summed E-state index contributed by atoms with van der Waals surface area (Å²) in [6, 6.07) is 11.3. The third kappa shape index (κ3) is 4.05. The third-order valence-corrected chi connectivity index (χ3v) is 4.80. The molecule has 2 aromatic rings. The SMILES string of the molecule is CC(OC(=O)c1ccc(F)cc1Cl)C(=O)NC1CCCc2ccccc21. The van der Waals surface area contributed by atoms with Crippen molar-refractivity contribution in [3.8, 4) is 0 Å². The number of fused-ring (bicyclic) bond motifs is 1. The molecule has 0 saturated carbocycles. The van der Waals surface area contributed by atoms with Crippen LogP contribution in [-0.4, -0.2) is 18.0 Å². The minimum Gasteiger partial charge on any atom is -0.449 e. The molecule has 3 rings (SSSR count). The van der Waals surface area contributed by atoms with E-state index in [-0.39, 0.29) is 22.5 Å². The number of aryl methyl sites for hydroxylation is 1. The lowest BCUT2D eigenvalue weighted by atomic mass is 9.87. The van der Waals surface area contributed by atoms with E-state index in [1.54, 1.807) is 0 Å². The number of benzene rings is 2. The van der Waals surface area contributed by atoms with E-state index in [1.807, 2.05) is 18.2 Å². The van der Waals surface area contributed by atoms with Crippen molar-refractivity contribution >= 4 is 23.5 Å². The summed E-state index contributed by atoms with van der Waals surface area (Å²) in [7, 11) is 0. The van der Waals surface area contributed by atoms with E-state index in [0.717, 1.165) is 37.0 Å². The van der Waals surface area contributed by atoms with Gasteiger partial charge in [0.05, 0.1) is 16.6 Å². The Morgan fingerprint density at radius 3 is 2.81 bits per heavy atom. The largest absolute Gasteiger partial charge is 0.449 e. The predicted molar refractivity (Wildman–Crippen MR) is 96.6 cm³/mol. The first kappa shape index (κ1) is 18.4. The van der Waals surface area contributed by atoms with Crippen molar-refractivity contribution in [2.24, 2.45) is 0 Å². The smallest absolute Gasteiger partial charge is 0.340 e. The number of ether oxygens (including phenoxy) is 1. The summed E-state index contributed by atoms with van der Waals surface area (Å²) >= 11 is 5.86. The number of amides is 1. The number of nitrogens with one attached hydrogen (secondary N) is 1. The Balaban J connectivity index is 1.64. The molecular weight excluding hydrogens is 357 g/mol. The second kappa shape index (κ2) is 7.87. The number of carbonyl (C=O) groups is 2. The second-order valence-electron chi connectivity index (χ2n) is 6.32. The maximum Gasteiger partial charge on any atom is 0.340 e. The van der Waals surface area contributed by atoms with Crippen LogP contribution in [0.15, 0.2) is 42.5 Å². The minimum absolute atomic E-state index is 0.0238. The Hall–Kier alpha value is -2.40. The van der Waals surface area contributed by atoms with Gasteiger partial charge in [-0.1, -0.05) is 35.9 Å². The molecule has 2 atom stereocenters. The molecule has 2 aromatic carbocycles. The summed E-state index contributed by atoms with van der Waals surface area (Å²) in [6.07, 6.45) is 1.84. The predicted octanol–water partition coefficient (Wildman–Crippen LogP) is 4.22. The van der Waals surface area contributed by atoms with Crippen LogP contribution in [0.1, 0.15) is 47.3 Å². The van der Waals surface area contributed by atoms with Gasteiger partial charge < -0.3 is 10.1 Å². The van der Waals surface area contributed by atoms with E-state index in [2.05, 4.69) is 11.4 Å². The maximum atomic E-state index is 13.1. The van der Waals surface area contributed by atoms with Crippen molar-refractivity contribution in [2.75, 3.05) is 0 Å². The first-order chi connectivity index (χ1) is 12.5. The first-order valence-electron chi connectivity index (χ1n) is 8.50. The van der Waals surface area contributed by atoms with Crippen molar-refractivity contribution < 1.29 is 18.7 Å². The lowest BCUT2D eigenvalue weighted by Crippen LogP contribution is -2.39. The van der Waals surface area contributed by atoms with Gasteiger partial charge in [-0.3, -0.25) is 4.79 Å². The lowest BCUT2D eigenvalue weighted by molar-refractivity contribution is -0.130. The Kier molecular flexibility index (Phi) is 5.57. The standard InChI is InChI=1S/C20H19ClFNO3/c1-12(26-20(25)16-10-9-14(22)11-17(16)21)19(24)23-18-8-4-6-13-5-2-3-7-15(13)18/h2-3,5,7,9-12,18H,4,6,8H2,1H3,(H,23,24). The summed E-state index contributed by atoms with van der Waals surface area (Å²) in [5.41, 5.74) is 2.36. The number of esters is 1. The molecule has 1 aliphatic carbocycles. The average Bonchev–Trinajstić information content (AvgIpc) is 2.61. The molecule has 0 heterocycles. The fraction of sp³-hybridized carbons (Fsp3) is 0.300. The van der Waals surface area contributed by atoms with Gasteiger partial charge in [-0.15, -0.1) is 0 Å². The normalized spacial score (nSPS) is 17.1. The van der Waals surface area contributed by atoms with E-state index >= 15 is 0 Å². The van der Waals surface area contributed by atoms with E-state index < -0.39 is 17.9 Å². The van der Waals surface area contributed by atoms with Crippen LogP contribution in [0, 0.1) is 5.82 Å². The van der Waals surface area contributed by atoms with Gasteiger partial charge in [0.2, 0.25) is 0 Å². The molecule has 1 aliphatic rings. The zero-order chi connectivity index (χ0) is 18.7. The van der Waals surface area contributed by atoms with Gasteiger partial charge in [-0.05, 0) is 55.5 Å². The highest BCUT2D eigenvalue weighted by atomic mass is 35.5. The zero-order valence-electron chi connectivity index (χ0n) is 14.3. The monoisotopic (exact) mass is 375 g/mol. The topological polar surface area (TPSA) is 55.4 Å². The van der Waals surface area contributed by atoms with Gasteiger partial charge in [0.1, 0.15) is 5.82 Å². The maximum absolute atomic E-state index is 13.1. The summed E-state index contributed by atoms with van der Waals surface area (Å²) in [5.74, 6) is -1.69. The number of rotatable bonds is 4. The summed E-state index contributed by atoms with van der Waals surface area (Å²) < 4.78 is 18.3. The molecule has 1 amide bonds. The average molecular weight is 376 g/mol. The molecule has 136 valence electrons. The second-order valence-corrected chi connectivity index (χ2v) is 6.73. The van der Waals surface area contributed by atoms with Gasteiger partial charge in [0.15, 0.2) is 6.10 Å². The Labute approximate surface area is 156 Å².